The molecule has 6 nitrogen and oxygen atoms in total. The summed E-state index contributed by atoms with van der Waals surface area (Å²) >= 11 is 1.29. The molecule has 2 heterocycles. The minimum Gasteiger partial charge on any atom is -0.477 e. The first-order valence-corrected chi connectivity index (χ1v) is 7.98. The lowest BCUT2D eigenvalue weighted by atomic mass is 9.77. The molecule has 22 heavy (non-hydrogen) atoms. The van der Waals surface area contributed by atoms with E-state index < -0.39 is 29.5 Å². The van der Waals surface area contributed by atoms with Crippen molar-refractivity contribution in [3.63, 3.8) is 0 Å². The van der Waals surface area contributed by atoms with Crippen molar-refractivity contribution in [2.75, 3.05) is 12.3 Å². The third-order valence-corrected chi connectivity index (χ3v) is 4.93. The Morgan fingerprint density at radius 2 is 2.14 bits per heavy atom. The molecular formula is C14H19FN2O4S. The standard InChI is InChI=1S/C14H19FN2O4S/c1-7(18)16-4-5-22-9-6-8-10(14(2,3)15)12(19)17(8)11(9)13(20)21/h8,10H,4-6H2,1-3H3,(H,16,18)(H,20,21). The molecule has 122 valence electrons. The van der Waals surface area contributed by atoms with Gasteiger partial charge in [0.25, 0.3) is 0 Å². The largest absolute Gasteiger partial charge is 0.477 e. The normalized spacial score (nSPS) is 24.2. The van der Waals surface area contributed by atoms with Crippen LogP contribution in [-0.2, 0) is 14.4 Å². The topological polar surface area (TPSA) is 86.7 Å². The molecule has 2 N–H and O–H groups in total. The quantitative estimate of drug-likeness (QED) is 0.563. The van der Waals surface area contributed by atoms with E-state index >= 15 is 0 Å². The van der Waals surface area contributed by atoms with Gasteiger partial charge in [0, 0.05) is 30.5 Å². The zero-order chi connectivity index (χ0) is 16.7. The average molecular weight is 330 g/mol. The highest BCUT2D eigenvalue weighted by Gasteiger charge is 2.60. The number of amides is 2. The molecule has 2 aliphatic heterocycles. The van der Waals surface area contributed by atoms with E-state index in [1.807, 2.05) is 0 Å². The summed E-state index contributed by atoms with van der Waals surface area (Å²) in [4.78, 5) is 36.1. The van der Waals surface area contributed by atoms with E-state index in [-0.39, 0.29) is 11.6 Å². The van der Waals surface area contributed by atoms with Crippen molar-refractivity contribution >= 4 is 29.5 Å². The van der Waals surface area contributed by atoms with Crippen LogP contribution in [0.15, 0.2) is 10.6 Å². The summed E-state index contributed by atoms with van der Waals surface area (Å²) in [5.41, 5.74) is -1.71. The van der Waals surface area contributed by atoms with Crippen molar-refractivity contribution in [3.05, 3.63) is 10.6 Å². The second kappa shape index (κ2) is 5.91. The van der Waals surface area contributed by atoms with Gasteiger partial charge >= 0.3 is 5.97 Å². The molecule has 2 unspecified atom stereocenters. The number of nitrogens with zero attached hydrogens (tertiary/aromatic N) is 1. The van der Waals surface area contributed by atoms with Gasteiger partial charge in [0.05, 0.1) is 12.0 Å². The molecule has 0 aliphatic carbocycles. The monoisotopic (exact) mass is 330 g/mol. The van der Waals surface area contributed by atoms with Crippen molar-refractivity contribution in [1.82, 2.24) is 10.2 Å². The Morgan fingerprint density at radius 1 is 1.50 bits per heavy atom. The van der Waals surface area contributed by atoms with Crippen molar-refractivity contribution in [3.8, 4) is 0 Å². The molecule has 0 radical (unpaired) electrons. The minimum absolute atomic E-state index is 0.0386. The summed E-state index contributed by atoms with van der Waals surface area (Å²) in [5.74, 6) is -2.09. The number of carboxylic acids is 1. The van der Waals surface area contributed by atoms with Crippen LogP contribution in [0, 0.1) is 5.92 Å². The third-order valence-electron chi connectivity index (χ3n) is 3.81. The molecular weight excluding hydrogens is 311 g/mol. The van der Waals surface area contributed by atoms with Crippen molar-refractivity contribution in [2.24, 2.45) is 5.92 Å². The number of aliphatic carboxylic acids is 1. The van der Waals surface area contributed by atoms with Gasteiger partial charge in [-0.25, -0.2) is 9.18 Å². The van der Waals surface area contributed by atoms with Gasteiger partial charge < -0.3 is 15.3 Å². The second-order valence-electron chi connectivity index (χ2n) is 5.93. The SMILES string of the molecule is CC(=O)NCCSC1=C(C(=O)O)N2C(=O)C(C(C)(C)F)C2C1. The number of carbonyl (C=O) groups is 3. The predicted octanol–water partition coefficient (Wildman–Crippen LogP) is 1.13. The maximum Gasteiger partial charge on any atom is 0.353 e. The Morgan fingerprint density at radius 3 is 2.64 bits per heavy atom. The van der Waals surface area contributed by atoms with Gasteiger partial charge in [0.2, 0.25) is 11.8 Å². The van der Waals surface area contributed by atoms with E-state index in [9.17, 15) is 23.9 Å². The van der Waals surface area contributed by atoms with Gasteiger partial charge in [-0.05, 0) is 13.8 Å². The van der Waals surface area contributed by atoms with E-state index in [2.05, 4.69) is 5.32 Å². The Bertz CT molecular complexity index is 556. The molecule has 0 aromatic heterocycles. The van der Waals surface area contributed by atoms with Gasteiger partial charge in [-0.3, -0.25) is 9.59 Å². The molecule has 1 saturated heterocycles. The first-order chi connectivity index (χ1) is 10.1. The van der Waals surface area contributed by atoms with Crippen molar-refractivity contribution in [1.29, 1.82) is 0 Å². The molecule has 0 aromatic carbocycles. The number of halogens is 1. The van der Waals surface area contributed by atoms with E-state index in [1.165, 1.54) is 37.4 Å². The first kappa shape index (κ1) is 16.8. The smallest absolute Gasteiger partial charge is 0.353 e. The number of β-lactam (4-membered cyclic amide) rings is 1. The lowest BCUT2D eigenvalue weighted by molar-refractivity contribution is -0.163. The van der Waals surface area contributed by atoms with Crippen LogP contribution in [0.25, 0.3) is 0 Å². The number of carboxylic acid groups (broad SMARTS) is 1. The number of fused-ring (bicyclic) bond motifs is 1. The molecule has 0 spiro atoms. The molecule has 0 bridgehead atoms. The molecule has 0 aromatic rings. The Hall–Kier alpha value is -1.57. The third kappa shape index (κ3) is 2.97. The van der Waals surface area contributed by atoms with E-state index in [0.29, 0.717) is 23.6 Å². The molecule has 8 heteroatoms. The van der Waals surface area contributed by atoms with E-state index in [4.69, 9.17) is 0 Å². The van der Waals surface area contributed by atoms with Crippen LogP contribution in [0.2, 0.25) is 0 Å². The van der Waals surface area contributed by atoms with Gasteiger partial charge in [-0.2, -0.15) is 0 Å². The molecule has 2 rings (SSSR count). The fourth-order valence-corrected chi connectivity index (χ4v) is 4.01. The molecule has 2 aliphatic rings. The van der Waals surface area contributed by atoms with Crippen LogP contribution in [0.4, 0.5) is 4.39 Å². The van der Waals surface area contributed by atoms with Crippen LogP contribution in [-0.4, -0.2) is 51.8 Å². The van der Waals surface area contributed by atoms with Gasteiger partial charge in [-0.1, -0.05) is 0 Å². The fourth-order valence-electron chi connectivity index (χ4n) is 2.95. The molecule has 2 amide bonds. The summed E-state index contributed by atoms with van der Waals surface area (Å²) < 4.78 is 14.1. The highest BCUT2D eigenvalue weighted by atomic mass is 32.2. The second-order valence-corrected chi connectivity index (χ2v) is 7.12. The maximum atomic E-state index is 14.1. The number of hydrogen-bond donors (Lipinski definition) is 2. The number of alkyl halides is 1. The van der Waals surface area contributed by atoms with Gasteiger partial charge in [-0.15, -0.1) is 11.8 Å². The summed E-state index contributed by atoms with van der Waals surface area (Å²) in [6.45, 7) is 4.50. The van der Waals surface area contributed by atoms with Crippen LogP contribution in [0.1, 0.15) is 27.2 Å². The summed E-state index contributed by atoms with van der Waals surface area (Å²) in [7, 11) is 0. The van der Waals surface area contributed by atoms with Gasteiger partial charge in [0.15, 0.2) is 0 Å². The number of nitrogens with one attached hydrogen (secondary N) is 1. The Kier molecular flexibility index (Phi) is 4.51. The number of carbonyl (C=O) groups excluding carboxylic acids is 2. The molecule has 1 fully saturated rings. The zero-order valence-corrected chi connectivity index (χ0v) is 13.5. The highest BCUT2D eigenvalue weighted by molar-refractivity contribution is 8.03. The number of hydrogen-bond acceptors (Lipinski definition) is 4. The average Bonchev–Trinajstić information content (AvgIpc) is 2.67. The van der Waals surface area contributed by atoms with Crippen molar-refractivity contribution in [2.45, 2.75) is 38.9 Å². The van der Waals surface area contributed by atoms with E-state index in [0.717, 1.165) is 0 Å². The predicted molar refractivity (Wildman–Crippen MR) is 79.7 cm³/mol. The Balaban J connectivity index is 2.08. The summed E-state index contributed by atoms with van der Waals surface area (Å²) in [6.07, 6.45) is 0.357. The summed E-state index contributed by atoms with van der Waals surface area (Å²) in [6, 6.07) is -0.415. The van der Waals surface area contributed by atoms with Crippen LogP contribution in [0.5, 0.6) is 0 Å². The van der Waals surface area contributed by atoms with Gasteiger partial charge in [0.1, 0.15) is 11.4 Å². The maximum absolute atomic E-state index is 14.1. The fraction of sp³-hybridized carbons (Fsp3) is 0.643. The lowest BCUT2D eigenvalue weighted by Crippen LogP contribution is -2.64. The molecule has 2 atom stereocenters. The number of rotatable bonds is 6. The minimum atomic E-state index is -1.67. The van der Waals surface area contributed by atoms with Crippen LogP contribution >= 0.6 is 11.8 Å². The van der Waals surface area contributed by atoms with E-state index in [1.54, 1.807) is 0 Å². The highest BCUT2D eigenvalue weighted by Crippen LogP contribution is 2.49. The summed E-state index contributed by atoms with van der Waals surface area (Å²) in [5, 5.41) is 12.0. The number of thioether (sulfide) groups is 1. The Labute approximate surface area is 132 Å². The van der Waals surface area contributed by atoms with Crippen LogP contribution < -0.4 is 5.32 Å². The lowest BCUT2D eigenvalue weighted by Gasteiger charge is -2.47. The first-order valence-electron chi connectivity index (χ1n) is 7.00. The molecule has 0 saturated carbocycles. The van der Waals surface area contributed by atoms with Crippen LogP contribution in [0.3, 0.4) is 0 Å². The van der Waals surface area contributed by atoms with Crippen molar-refractivity contribution < 1.29 is 23.9 Å². The zero-order valence-electron chi connectivity index (χ0n) is 12.7.